The molecule has 0 fully saturated rings. The number of benzene rings is 1. The fraction of sp³-hybridized carbons (Fsp3) is 0.174. The highest BCUT2D eigenvalue weighted by molar-refractivity contribution is 7.92. The maximum atomic E-state index is 15.1. The first-order chi connectivity index (χ1) is 15.3. The summed E-state index contributed by atoms with van der Waals surface area (Å²) in [5.74, 6) is -3.32. The van der Waals surface area contributed by atoms with Gasteiger partial charge in [0.1, 0.15) is 11.5 Å². The van der Waals surface area contributed by atoms with Gasteiger partial charge >= 0.3 is 0 Å². The van der Waals surface area contributed by atoms with E-state index in [2.05, 4.69) is 9.97 Å². The third-order valence-electron chi connectivity index (χ3n) is 5.08. The van der Waals surface area contributed by atoms with Gasteiger partial charge in [0.15, 0.2) is 11.6 Å². The number of carbonyl (C=O) groups excluding carboxylic acids is 1. The number of sulfonamides is 1. The number of carbonyl (C=O) groups is 1. The Morgan fingerprint density at radius 1 is 1.12 bits per heavy atom. The fourth-order valence-electron chi connectivity index (χ4n) is 3.56. The number of pyridine rings is 2. The lowest BCUT2D eigenvalue weighted by atomic mass is 9.96. The first-order valence-electron chi connectivity index (χ1n) is 9.93. The number of anilines is 1. The zero-order valence-corrected chi connectivity index (χ0v) is 17.9. The number of rotatable bonds is 7. The van der Waals surface area contributed by atoms with Crippen LogP contribution in [-0.4, -0.2) is 29.9 Å². The molecule has 1 N–H and O–H groups in total. The average Bonchev–Trinajstić information content (AvgIpc) is 3.20. The minimum absolute atomic E-state index is 0.233. The summed E-state index contributed by atoms with van der Waals surface area (Å²) in [7, 11) is -3.95. The fourth-order valence-corrected chi connectivity index (χ4v) is 4.69. The summed E-state index contributed by atoms with van der Waals surface area (Å²) in [6.45, 7) is 1.63. The lowest BCUT2D eigenvalue weighted by Crippen LogP contribution is -2.19. The highest BCUT2D eigenvalue weighted by Crippen LogP contribution is 2.34. The van der Waals surface area contributed by atoms with E-state index in [0.29, 0.717) is 17.7 Å². The average molecular weight is 455 g/mol. The smallest absolute Gasteiger partial charge is 0.232 e. The van der Waals surface area contributed by atoms with E-state index in [1.54, 1.807) is 49.8 Å². The number of halogens is 2. The number of hydrogen-bond donors (Lipinski definition) is 1. The lowest BCUT2D eigenvalue weighted by Gasteiger charge is -2.13. The van der Waals surface area contributed by atoms with E-state index in [9.17, 15) is 17.6 Å². The van der Waals surface area contributed by atoms with Crippen LogP contribution in [0.5, 0.6) is 0 Å². The first-order valence-corrected chi connectivity index (χ1v) is 11.6. The molecule has 9 heteroatoms. The molecule has 2 heterocycles. The Balaban J connectivity index is 1.71. The van der Waals surface area contributed by atoms with Crippen LogP contribution in [0.15, 0.2) is 55.0 Å². The molecule has 1 aromatic carbocycles. The quantitative estimate of drug-likeness (QED) is 0.534. The molecule has 1 aliphatic rings. The van der Waals surface area contributed by atoms with Crippen molar-refractivity contribution in [2.75, 3.05) is 10.5 Å². The van der Waals surface area contributed by atoms with E-state index in [0.717, 1.165) is 23.3 Å². The second-order valence-corrected chi connectivity index (χ2v) is 9.15. The molecule has 0 saturated carbocycles. The molecule has 0 radical (unpaired) electrons. The Morgan fingerprint density at radius 3 is 2.59 bits per heavy atom. The number of fused-ring (bicyclic) bond motifs is 1. The SMILES string of the molecule is CCCS(=O)(=O)Nc1c(F)ccc(C(=O)C2=CCc3ncc(-c4ccncc4)cc32)c1F. The number of hydrogen-bond acceptors (Lipinski definition) is 5. The molecule has 0 amide bonds. The molecule has 1 aliphatic carbocycles. The summed E-state index contributed by atoms with van der Waals surface area (Å²) in [5.41, 5.74) is 1.80. The number of Topliss-reactive ketones (excluding diaryl/α,β-unsaturated/α-hetero) is 1. The topological polar surface area (TPSA) is 89.0 Å². The van der Waals surface area contributed by atoms with Crippen LogP contribution in [0, 0.1) is 11.6 Å². The van der Waals surface area contributed by atoms with Gasteiger partial charge in [-0.25, -0.2) is 17.2 Å². The Kier molecular flexibility index (Phi) is 5.84. The molecule has 164 valence electrons. The van der Waals surface area contributed by atoms with Gasteiger partial charge in [0.25, 0.3) is 0 Å². The molecule has 0 bridgehead atoms. The Morgan fingerprint density at radius 2 is 1.88 bits per heavy atom. The summed E-state index contributed by atoms with van der Waals surface area (Å²) in [6.07, 6.45) is 7.27. The highest BCUT2D eigenvalue weighted by Gasteiger charge is 2.28. The molecule has 6 nitrogen and oxygen atoms in total. The van der Waals surface area contributed by atoms with Gasteiger partial charge in [0, 0.05) is 41.7 Å². The van der Waals surface area contributed by atoms with Crippen LogP contribution in [-0.2, 0) is 16.4 Å². The van der Waals surface area contributed by atoms with Crippen molar-refractivity contribution in [1.82, 2.24) is 9.97 Å². The third-order valence-corrected chi connectivity index (χ3v) is 6.55. The molecule has 0 spiro atoms. The molecule has 0 aliphatic heterocycles. The van der Waals surface area contributed by atoms with E-state index in [1.165, 1.54) is 0 Å². The van der Waals surface area contributed by atoms with Crippen LogP contribution < -0.4 is 4.72 Å². The van der Waals surface area contributed by atoms with E-state index in [1.807, 2.05) is 4.72 Å². The maximum Gasteiger partial charge on any atom is 0.232 e. The van der Waals surface area contributed by atoms with Crippen molar-refractivity contribution in [3.8, 4) is 11.1 Å². The molecule has 0 atom stereocenters. The number of ketones is 1. The van der Waals surface area contributed by atoms with Gasteiger partial charge in [-0.1, -0.05) is 13.0 Å². The number of nitrogens with zero attached hydrogens (tertiary/aromatic N) is 2. The summed E-state index contributed by atoms with van der Waals surface area (Å²) >= 11 is 0. The normalized spacial score (nSPS) is 12.9. The van der Waals surface area contributed by atoms with Crippen molar-refractivity contribution in [2.24, 2.45) is 0 Å². The van der Waals surface area contributed by atoms with E-state index in [4.69, 9.17) is 0 Å². The Bertz CT molecular complexity index is 1340. The van der Waals surface area contributed by atoms with E-state index >= 15 is 4.39 Å². The van der Waals surface area contributed by atoms with Gasteiger partial charge in [-0.05, 0) is 42.3 Å². The van der Waals surface area contributed by atoms with Crippen molar-refractivity contribution < 1.29 is 22.0 Å². The van der Waals surface area contributed by atoms with Crippen LogP contribution in [0.25, 0.3) is 16.7 Å². The van der Waals surface area contributed by atoms with Gasteiger partial charge in [-0.15, -0.1) is 0 Å². The zero-order chi connectivity index (χ0) is 22.9. The predicted molar refractivity (Wildman–Crippen MR) is 118 cm³/mol. The van der Waals surface area contributed by atoms with Crippen LogP contribution in [0.2, 0.25) is 0 Å². The van der Waals surface area contributed by atoms with Gasteiger partial charge in [-0.2, -0.15) is 0 Å². The molecule has 3 aromatic rings. The second-order valence-electron chi connectivity index (χ2n) is 7.31. The van der Waals surface area contributed by atoms with Crippen LogP contribution in [0.1, 0.15) is 35.0 Å². The molecule has 0 saturated heterocycles. The molecular formula is C23H19F2N3O3S. The Labute approximate surface area is 184 Å². The van der Waals surface area contributed by atoms with Crippen molar-refractivity contribution in [3.63, 3.8) is 0 Å². The van der Waals surface area contributed by atoms with E-state index < -0.39 is 38.7 Å². The molecule has 0 unspecified atom stereocenters. The third kappa shape index (κ3) is 4.16. The largest absolute Gasteiger partial charge is 0.288 e. The maximum absolute atomic E-state index is 15.1. The minimum atomic E-state index is -3.95. The number of allylic oxidation sites excluding steroid dienone is 2. The monoisotopic (exact) mass is 455 g/mol. The van der Waals surface area contributed by atoms with Crippen molar-refractivity contribution in [2.45, 2.75) is 19.8 Å². The predicted octanol–water partition coefficient (Wildman–Crippen LogP) is 4.40. The van der Waals surface area contributed by atoms with Gasteiger partial charge in [0.2, 0.25) is 10.0 Å². The summed E-state index contributed by atoms with van der Waals surface area (Å²) in [6, 6.07) is 7.29. The van der Waals surface area contributed by atoms with Gasteiger partial charge in [-0.3, -0.25) is 19.5 Å². The standard InChI is InChI=1S/C23H19F2N3O3S/c1-2-11-32(30,31)28-22-19(24)5-3-17(21(22)25)23(29)16-4-6-20-18(16)12-15(13-27-20)14-7-9-26-10-8-14/h3-5,7-10,12-13,28H,2,6,11H2,1H3. The van der Waals surface area contributed by atoms with Crippen LogP contribution in [0.3, 0.4) is 0 Å². The van der Waals surface area contributed by atoms with Crippen LogP contribution in [0.4, 0.5) is 14.5 Å². The van der Waals surface area contributed by atoms with Gasteiger partial charge < -0.3 is 0 Å². The molecule has 4 rings (SSSR count). The Hall–Kier alpha value is -3.46. The number of aromatic nitrogens is 2. The van der Waals surface area contributed by atoms with Gasteiger partial charge in [0.05, 0.1) is 17.0 Å². The van der Waals surface area contributed by atoms with Crippen molar-refractivity contribution in [1.29, 1.82) is 0 Å². The second kappa shape index (κ2) is 8.58. The van der Waals surface area contributed by atoms with Crippen LogP contribution >= 0.6 is 0 Å². The highest BCUT2D eigenvalue weighted by atomic mass is 32.2. The van der Waals surface area contributed by atoms with Crippen molar-refractivity contribution in [3.05, 3.63) is 83.5 Å². The molecule has 2 aromatic heterocycles. The summed E-state index contributed by atoms with van der Waals surface area (Å²) < 4.78 is 55.3. The number of nitrogens with one attached hydrogen (secondary N) is 1. The zero-order valence-electron chi connectivity index (χ0n) is 17.1. The molecule has 32 heavy (non-hydrogen) atoms. The lowest BCUT2D eigenvalue weighted by molar-refractivity contribution is 0.105. The van der Waals surface area contributed by atoms with Crippen molar-refractivity contribution >= 4 is 27.1 Å². The summed E-state index contributed by atoms with van der Waals surface area (Å²) in [4.78, 5) is 21.6. The van der Waals surface area contributed by atoms with E-state index in [-0.39, 0.29) is 17.7 Å². The minimum Gasteiger partial charge on any atom is -0.288 e. The molecular weight excluding hydrogens is 436 g/mol. The summed E-state index contributed by atoms with van der Waals surface area (Å²) in [5, 5.41) is 0. The first kappa shape index (κ1) is 21.8.